The summed E-state index contributed by atoms with van der Waals surface area (Å²) in [5.74, 6) is 0.361. The third-order valence-corrected chi connectivity index (χ3v) is 3.42. The molecule has 1 aliphatic rings. The predicted octanol–water partition coefficient (Wildman–Crippen LogP) is 1.18. The Hall–Kier alpha value is -2.63. The molecule has 1 aromatic heterocycles. The van der Waals surface area contributed by atoms with Gasteiger partial charge < -0.3 is 14.7 Å². The Morgan fingerprint density at radius 3 is 2.76 bits per heavy atom. The van der Waals surface area contributed by atoms with Crippen LogP contribution in [0.2, 0.25) is 0 Å². The first-order chi connectivity index (χ1) is 10.1. The maximum atomic E-state index is 12.2. The molecule has 1 atom stereocenters. The van der Waals surface area contributed by atoms with E-state index >= 15 is 0 Å². The van der Waals surface area contributed by atoms with Crippen LogP contribution in [-0.2, 0) is 16.1 Å². The Morgan fingerprint density at radius 1 is 1.33 bits per heavy atom. The molecule has 3 rings (SSSR count). The SMILES string of the molecule is Cc1cc(CN2C(=O)CNC(=O)C2c2ccccc2)no1. The summed E-state index contributed by atoms with van der Waals surface area (Å²) in [6.45, 7) is 2.05. The van der Waals surface area contributed by atoms with Gasteiger partial charge in [-0.05, 0) is 12.5 Å². The van der Waals surface area contributed by atoms with Gasteiger partial charge in [0, 0.05) is 6.07 Å². The van der Waals surface area contributed by atoms with E-state index < -0.39 is 6.04 Å². The molecule has 1 unspecified atom stereocenters. The van der Waals surface area contributed by atoms with Crippen LogP contribution < -0.4 is 5.32 Å². The highest BCUT2D eigenvalue weighted by Crippen LogP contribution is 2.25. The van der Waals surface area contributed by atoms with Crippen LogP contribution in [0.25, 0.3) is 0 Å². The fourth-order valence-corrected chi connectivity index (χ4v) is 2.46. The Bertz CT molecular complexity index is 666. The van der Waals surface area contributed by atoms with Gasteiger partial charge in [-0.2, -0.15) is 0 Å². The van der Waals surface area contributed by atoms with Crippen LogP contribution in [0, 0.1) is 6.92 Å². The second-order valence-corrected chi connectivity index (χ2v) is 4.98. The van der Waals surface area contributed by atoms with E-state index in [1.165, 1.54) is 4.90 Å². The zero-order chi connectivity index (χ0) is 14.8. The first-order valence-corrected chi connectivity index (χ1v) is 6.69. The van der Waals surface area contributed by atoms with Crippen molar-refractivity contribution in [3.63, 3.8) is 0 Å². The molecule has 1 aromatic carbocycles. The van der Waals surface area contributed by atoms with Crippen LogP contribution in [-0.4, -0.2) is 28.4 Å². The summed E-state index contributed by atoms with van der Waals surface area (Å²) in [5.41, 5.74) is 1.42. The van der Waals surface area contributed by atoms with Gasteiger partial charge in [0.1, 0.15) is 17.5 Å². The van der Waals surface area contributed by atoms with Crippen molar-refractivity contribution in [2.24, 2.45) is 0 Å². The largest absolute Gasteiger partial charge is 0.361 e. The van der Waals surface area contributed by atoms with E-state index in [-0.39, 0.29) is 24.9 Å². The van der Waals surface area contributed by atoms with Crippen LogP contribution in [0.3, 0.4) is 0 Å². The third kappa shape index (κ3) is 2.65. The van der Waals surface area contributed by atoms with Crippen LogP contribution in [0.1, 0.15) is 23.1 Å². The number of hydrogen-bond donors (Lipinski definition) is 1. The molecule has 0 bridgehead atoms. The molecule has 6 heteroatoms. The lowest BCUT2D eigenvalue weighted by atomic mass is 10.0. The van der Waals surface area contributed by atoms with Crippen molar-refractivity contribution in [1.82, 2.24) is 15.4 Å². The van der Waals surface area contributed by atoms with Gasteiger partial charge in [0.2, 0.25) is 11.8 Å². The van der Waals surface area contributed by atoms with Gasteiger partial charge in [-0.25, -0.2) is 0 Å². The highest BCUT2D eigenvalue weighted by atomic mass is 16.5. The summed E-state index contributed by atoms with van der Waals surface area (Å²) >= 11 is 0. The van der Waals surface area contributed by atoms with Gasteiger partial charge in [-0.3, -0.25) is 9.59 Å². The number of aryl methyl sites for hydroxylation is 1. The Balaban J connectivity index is 1.92. The molecular weight excluding hydrogens is 270 g/mol. The Labute approximate surface area is 121 Å². The van der Waals surface area contributed by atoms with Crippen LogP contribution in [0.5, 0.6) is 0 Å². The van der Waals surface area contributed by atoms with Gasteiger partial charge in [0.05, 0.1) is 13.1 Å². The molecule has 108 valence electrons. The molecule has 1 saturated heterocycles. The lowest BCUT2D eigenvalue weighted by molar-refractivity contribution is -0.146. The van der Waals surface area contributed by atoms with Gasteiger partial charge in [-0.1, -0.05) is 35.5 Å². The number of aromatic nitrogens is 1. The molecule has 0 spiro atoms. The number of hydrogen-bond acceptors (Lipinski definition) is 4. The predicted molar refractivity (Wildman–Crippen MR) is 74.0 cm³/mol. The summed E-state index contributed by atoms with van der Waals surface area (Å²) < 4.78 is 5.02. The van der Waals surface area contributed by atoms with Crippen molar-refractivity contribution in [3.05, 3.63) is 53.4 Å². The molecule has 0 saturated carbocycles. The monoisotopic (exact) mass is 285 g/mol. The van der Waals surface area contributed by atoms with Gasteiger partial charge in [0.15, 0.2) is 0 Å². The lowest BCUT2D eigenvalue weighted by Gasteiger charge is -2.34. The molecule has 1 aliphatic heterocycles. The van der Waals surface area contributed by atoms with Crippen molar-refractivity contribution >= 4 is 11.8 Å². The van der Waals surface area contributed by atoms with Crippen molar-refractivity contribution < 1.29 is 14.1 Å². The van der Waals surface area contributed by atoms with E-state index in [0.717, 1.165) is 5.56 Å². The highest BCUT2D eigenvalue weighted by Gasteiger charge is 2.35. The number of carbonyl (C=O) groups is 2. The van der Waals surface area contributed by atoms with Crippen molar-refractivity contribution in [3.8, 4) is 0 Å². The van der Waals surface area contributed by atoms with Crippen LogP contribution >= 0.6 is 0 Å². The summed E-state index contributed by atoms with van der Waals surface area (Å²) in [6, 6.07) is 10.4. The minimum atomic E-state index is -0.635. The number of nitrogens with one attached hydrogen (secondary N) is 1. The quantitative estimate of drug-likeness (QED) is 0.919. The zero-order valence-electron chi connectivity index (χ0n) is 11.6. The highest BCUT2D eigenvalue weighted by molar-refractivity contribution is 5.95. The maximum Gasteiger partial charge on any atom is 0.247 e. The fraction of sp³-hybridized carbons (Fsp3) is 0.267. The summed E-state index contributed by atoms with van der Waals surface area (Å²) in [5, 5.41) is 6.52. The van der Waals surface area contributed by atoms with Crippen LogP contribution in [0.15, 0.2) is 40.9 Å². The molecule has 2 heterocycles. The molecule has 2 aromatic rings. The van der Waals surface area contributed by atoms with E-state index in [1.54, 1.807) is 13.0 Å². The molecule has 1 N–H and O–H groups in total. The molecule has 21 heavy (non-hydrogen) atoms. The number of benzene rings is 1. The third-order valence-electron chi connectivity index (χ3n) is 3.42. The average Bonchev–Trinajstić information content (AvgIpc) is 2.89. The van der Waals surface area contributed by atoms with Gasteiger partial charge in [-0.15, -0.1) is 0 Å². The first-order valence-electron chi connectivity index (χ1n) is 6.69. The molecule has 1 fully saturated rings. The standard InChI is InChI=1S/C15H15N3O3/c1-10-7-12(17-21-10)9-18-13(19)8-16-15(20)14(18)11-5-3-2-4-6-11/h2-7,14H,8-9H2,1H3,(H,16,20). The minimum Gasteiger partial charge on any atom is -0.361 e. The lowest BCUT2D eigenvalue weighted by Crippen LogP contribution is -2.53. The van der Waals surface area contributed by atoms with E-state index in [4.69, 9.17) is 4.52 Å². The number of piperazine rings is 1. The average molecular weight is 285 g/mol. The zero-order valence-corrected chi connectivity index (χ0v) is 11.6. The number of nitrogens with zero attached hydrogens (tertiary/aromatic N) is 2. The van der Waals surface area contributed by atoms with Gasteiger partial charge >= 0.3 is 0 Å². The molecule has 6 nitrogen and oxygen atoms in total. The Morgan fingerprint density at radius 2 is 2.10 bits per heavy atom. The second-order valence-electron chi connectivity index (χ2n) is 4.98. The summed E-state index contributed by atoms with van der Waals surface area (Å²) in [4.78, 5) is 25.9. The van der Waals surface area contributed by atoms with Crippen LogP contribution in [0.4, 0.5) is 0 Å². The summed E-state index contributed by atoms with van der Waals surface area (Å²) in [6.07, 6.45) is 0. The topological polar surface area (TPSA) is 75.4 Å². The fourth-order valence-electron chi connectivity index (χ4n) is 2.46. The smallest absolute Gasteiger partial charge is 0.247 e. The Kier molecular flexibility index (Phi) is 3.43. The normalized spacial score (nSPS) is 18.7. The maximum absolute atomic E-state index is 12.2. The molecule has 0 aliphatic carbocycles. The number of rotatable bonds is 3. The summed E-state index contributed by atoms with van der Waals surface area (Å²) in [7, 11) is 0. The van der Waals surface area contributed by atoms with Crippen molar-refractivity contribution in [1.29, 1.82) is 0 Å². The minimum absolute atomic E-state index is 0.0129. The molecule has 0 radical (unpaired) electrons. The van der Waals surface area contributed by atoms with Crippen molar-refractivity contribution in [2.75, 3.05) is 6.54 Å². The molecule has 2 amide bonds. The van der Waals surface area contributed by atoms with Crippen molar-refractivity contribution in [2.45, 2.75) is 19.5 Å². The van der Waals surface area contributed by atoms with E-state index in [9.17, 15) is 9.59 Å². The molecular formula is C15H15N3O3. The van der Waals surface area contributed by atoms with Gasteiger partial charge in [0.25, 0.3) is 0 Å². The van der Waals surface area contributed by atoms with E-state index in [0.29, 0.717) is 11.5 Å². The first kappa shape index (κ1) is 13.4. The van der Waals surface area contributed by atoms with E-state index in [1.807, 2.05) is 30.3 Å². The number of amides is 2. The number of carbonyl (C=O) groups excluding carboxylic acids is 2. The van der Waals surface area contributed by atoms with E-state index in [2.05, 4.69) is 10.5 Å². The second kappa shape index (κ2) is 5.40.